The maximum absolute atomic E-state index is 5.65. The monoisotopic (exact) mass is 264 g/mol. The van der Waals surface area contributed by atoms with Crippen LogP contribution >= 0.6 is 0 Å². The highest BCUT2D eigenvalue weighted by atomic mass is 16.5. The molecule has 0 saturated heterocycles. The van der Waals surface area contributed by atoms with Gasteiger partial charge >= 0.3 is 0 Å². The van der Waals surface area contributed by atoms with Gasteiger partial charge in [-0.2, -0.15) is 0 Å². The normalized spacial score (nSPS) is 11.7. The van der Waals surface area contributed by atoms with Gasteiger partial charge in [-0.05, 0) is 42.0 Å². The Morgan fingerprint density at radius 1 is 1.32 bits per heavy atom. The molecule has 0 radical (unpaired) electrons. The lowest BCUT2D eigenvalue weighted by Crippen LogP contribution is -2.26. The fourth-order valence-corrected chi connectivity index (χ4v) is 2.04. The third kappa shape index (κ3) is 4.75. The van der Waals surface area contributed by atoms with E-state index >= 15 is 0 Å². The molecule has 1 rings (SSSR count). The van der Waals surface area contributed by atoms with Crippen LogP contribution in [0.15, 0.2) is 18.2 Å². The first kappa shape index (κ1) is 15.8. The first-order valence-corrected chi connectivity index (χ1v) is 7.01. The van der Waals surface area contributed by atoms with E-state index in [1.165, 1.54) is 5.56 Å². The number of anilines is 1. The van der Waals surface area contributed by atoms with Gasteiger partial charge < -0.3 is 15.8 Å². The summed E-state index contributed by atoms with van der Waals surface area (Å²) in [7, 11) is 1.71. The van der Waals surface area contributed by atoms with E-state index in [4.69, 9.17) is 10.5 Å². The van der Waals surface area contributed by atoms with E-state index < -0.39 is 0 Å². The second-order valence-corrected chi connectivity index (χ2v) is 6.17. The minimum atomic E-state index is 0.188. The zero-order valence-electron chi connectivity index (χ0n) is 12.9. The van der Waals surface area contributed by atoms with Crippen molar-refractivity contribution in [1.29, 1.82) is 0 Å². The predicted octanol–water partition coefficient (Wildman–Crippen LogP) is 3.61. The van der Waals surface area contributed by atoms with E-state index in [0.717, 1.165) is 30.9 Å². The molecule has 0 saturated carbocycles. The molecule has 0 heterocycles. The maximum atomic E-state index is 5.65. The van der Waals surface area contributed by atoms with Gasteiger partial charge in [0.15, 0.2) is 0 Å². The van der Waals surface area contributed by atoms with Gasteiger partial charge in [0.05, 0.1) is 12.8 Å². The zero-order valence-corrected chi connectivity index (χ0v) is 12.9. The molecule has 0 aliphatic rings. The van der Waals surface area contributed by atoms with Crippen molar-refractivity contribution >= 4 is 5.69 Å². The van der Waals surface area contributed by atoms with Crippen LogP contribution in [0.2, 0.25) is 0 Å². The van der Waals surface area contributed by atoms with Gasteiger partial charge in [-0.1, -0.05) is 33.8 Å². The van der Waals surface area contributed by atoms with Crippen LogP contribution in [0, 0.1) is 5.41 Å². The Kier molecular flexibility index (Phi) is 5.67. The van der Waals surface area contributed by atoms with Crippen LogP contribution < -0.4 is 15.8 Å². The molecule has 1 aromatic carbocycles. The lowest BCUT2D eigenvalue weighted by Gasteiger charge is -2.25. The Bertz CT molecular complexity index is 400. The number of rotatable bonds is 7. The van der Waals surface area contributed by atoms with Gasteiger partial charge in [0.1, 0.15) is 5.75 Å². The topological polar surface area (TPSA) is 47.3 Å². The van der Waals surface area contributed by atoms with Crippen molar-refractivity contribution in [1.82, 2.24) is 0 Å². The fourth-order valence-electron chi connectivity index (χ4n) is 2.04. The van der Waals surface area contributed by atoms with Crippen molar-refractivity contribution in [3.8, 4) is 5.75 Å². The van der Waals surface area contributed by atoms with Crippen molar-refractivity contribution in [3.05, 3.63) is 23.8 Å². The molecule has 108 valence electrons. The number of hydrogen-bond donors (Lipinski definition) is 2. The summed E-state index contributed by atoms with van der Waals surface area (Å²) in [6.07, 6.45) is 1.01. The van der Waals surface area contributed by atoms with E-state index in [2.05, 4.69) is 45.1 Å². The van der Waals surface area contributed by atoms with Crippen LogP contribution in [0.4, 0.5) is 5.69 Å². The highest BCUT2D eigenvalue weighted by Crippen LogP contribution is 2.30. The molecule has 0 aromatic heterocycles. The summed E-state index contributed by atoms with van der Waals surface area (Å²) in [5.41, 5.74) is 8.23. The molecule has 0 amide bonds. The van der Waals surface area contributed by atoms with Gasteiger partial charge in [-0.15, -0.1) is 0 Å². The van der Waals surface area contributed by atoms with E-state index in [-0.39, 0.29) is 5.41 Å². The molecule has 0 bridgehead atoms. The molecule has 0 aliphatic carbocycles. The van der Waals surface area contributed by atoms with E-state index in [1.54, 1.807) is 7.11 Å². The third-order valence-electron chi connectivity index (χ3n) is 3.47. The lowest BCUT2D eigenvalue weighted by atomic mass is 9.89. The molecule has 3 nitrogen and oxygen atoms in total. The smallest absolute Gasteiger partial charge is 0.141 e. The molecular weight excluding hydrogens is 236 g/mol. The van der Waals surface area contributed by atoms with Gasteiger partial charge in [-0.25, -0.2) is 0 Å². The van der Waals surface area contributed by atoms with E-state index in [0.29, 0.717) is 5.92 Å². The van der Waals surface area contributed by atoms with Crippen molar-refractivity contribution in [2.75, 3.05) is 25.5 Å². The molecule has 3 N–H and O–H groups in total. The molecule has 3 heteroatoms. The number of benzene rings is 1. The largest absolute Gasteiger partial charge is 0.495 e. The van der Waals surface area contributed by atoms with Crippen LogP contribution in [0.3, 0.4) is 0 Å². The molecule has 0 fully saturated rings. The number of methoxy groups -OCH3 is 1. The summed E-state index contributed by atoms with van der Waals surface area (Å²) in [6, 6.07) is 6.34. The first-order valence-electron chi connectivity index (χ1n) is 7.01. The Labute approximate surface area is 117 Å². The van der Waals surface area contributed by atoms with Crippen molar-refractivity contribution < 1.29 is 4.74 Å². The predicted molar refractivity (Wildman–Crippen MR) is 83.0 cm³/mol. The minimum absolute atomic E-state index is 0.188. The number of ether oxygens (including phenoxy) is 1. The Hall–Kier alpha value is -1.22. The summed E-state index contributed by atoms with van der Waals surface area (Å²) < 4.78 is 5.42. The summed E-state index contributed by atoms with van der Waals surface area (Å²) in [4.78, 5) is 0. The molecule has 19 heavy (non-hydrogen) atoms. The second kappa shape index (κ2) is 6.80. The fraction of sp³-hybridized carbons (Fsp3) is 0.625. The van der Waals surface area contributed by atoms with Crippen LogP contribution in [-0.2, 0) is 0 Å². The van der Waals surface area contributed by atoms with E-state index in [1.807, 2.05) is 6.07 Å². The van der Waals surface area contributed by atoms with Crippen LogP contribution in [0.25, 0.3) is 0 Å². The summed E-state index contributed by atoms with van der Waals surface area (Å²) in [6.45, 7) is 10.5. The number of nitrogens with two attached hydrogens (primary N) is 1. The number of nitrogens with one attached hydrogen (secondary N) is 1. The van der Waals surface area contributed by atoms with Crippen molar-refractivity contribution in [3.63, 3.8) is 0 Å². The second-order valence-electron chi connectivity index (χ2n) is 6.17. The average molecular weight is 264 g/mol. The quantitative estimate of drug-likeness (QED) is 0.791. The molecule has 0 unspecified atom stereocenters. The third-order valence-corrected chi connectivity index (χ3v) is 3.47. The maximum Gasteiger partial charge on any atom is 0.141 e. The lowest BCUT2D eigenvalue weighted by molar-refractivity contribution is 0.363. The van der Waals surface area contributed by atoms with Crippen molar-refractivity contribution in [2.45, 2.75) is 40.0 Å². The minimum Gasteiger partial charge on any atom is -0.495 e. The number of hydrogen-bond acceptors (Lipinski definition) is 3. The Morgan fingerprint density at radius 3 is 2.53 bits per heavy atom. The van der Waals surface area contributed by atoms with Crippen LogP contribution in [0.1, 0.15) is 45.6 Å². The molecule has 0 atom stereocenters. The summed E-state index contributed by atoms with van der Waals surface area (Å²) >= 11 is 0. The summed E-state index contributed by atoms with van der Waals surface area (Å²) in [5.74, 6) is 1.41. The molecule has 0 aliphatic heterocycles. The van der Waals surface area contributed by atoms with Gasteiger partial charge in [-0.3, -0.25) is 0 Å². The standard InChI is InChI=1S/C16H28N2O/c1-12(2)13-6-7-15(19-5)14(10-13)18-11-16(3,4)8-9-17/h6-7,10,12,18H,8-9,11,17H2,1-5H3. The Balaban J connectivity index is 2.83. The SMILES string of the molecule is COc1ccc(C(C)C)cc1NCC(C)(C)CCN. The van der Waals surface area contributed by atoms with Gasteiger partial charge in [0.2, 0.25) is 0 Å². The van der Waals surface area contributed by atoms with E-state index in [9.17, 15) is 0 Å². The van der Waals surface area contributed by atoms with Crippen LogP contribution in [0.5, 0.6) is 5.75 Å². The average Bonchev–Trinajstić information content (AvgIpc) is 2.36. The first-order chi connectivity index (χ1) is 8.89. The molecule has 1 aromatic rings. The highest BCUT2D eigenvalue weighted by Gasteiger charge is 2.17. The molecular formula is C16H28N2O. The molecule has 0 spiro atoms. The van der Waals surface area contributed by atoms with Crippen LogP contribution in [-0.4, -0.2) is 20.2 Å². The van der Waals surface area contributed by atoms with Gasteiger partial charge in [0, 0.05) is 6.54 Å². The van der Waals surface area contributed by atoms with Gasteiger partial charge in [0.25, 0.3) is 0 Å². The zero-order chi connectivity index (χ0) is 14.5. The van der Waals surface area contributed by atoms with Crippen molar-refractivity contribution in [2.24, 2.45) is 11.1 Å². The highest BCUT2D eigenvalue weighted by molar-refractivity contribution is 5.58. The summed E-state index contributed by atoms with van der Waals surface area (Å²) in [5, 5.41) is 3.50. The Morgan fingerprint density at radius 2 is 2.00 bits per heavy atom.